The van der Waals surface area contributed by atoms with Crippen LogP contribution >= 0.6 is 15.6 Å². The molecular weight excluding hydrogens is 1270 g/mol. The van der Waals surface area contributed by atoms with E-state index < -0.39 is 97.5 Å². The molecular formula is C78H152O17P2. The smallest absolute Gasteiger partial charge is 0.462 e. The van der Waals surface area contributed by atoms with Gasteiger partial charge in [-0.2, -0.15) is 0 Å². The Labute approximate surface area is 594 Å². The summed E-state index contributed by atoms with van der Waals surface area (Å²) in [7, 11) is -9.92. The highest BCUT2D eigenvalue weighted by Gasteiger charge is 2.30. The molecule has 19 heteroatoms. The Bertz CT molecular complexity index is 1910. The molecule has 0 saturated carbocycles. The maximum Gasteiger partial charge on any atom is 0.472 e. The number of unbranched alkanes of at least 4 members (excludes halogenated alkanes) is 39. The lowest BCUT2D eigenvalue weighted by molar-refractivity contribution is -0.161. The maximum atomic E-state index is 13.1. The van der Waals surface area contributed by atoms with E-state index in [1.165, 1.54) is 193 Å². The fraction of sp³-hybridized carbons (Fsp3) is 0.949. The van der Waals surface area contributed by atoms with E-state index in [0.29, 0.717) is 25.7 Å². The second kappa shape index (κ2) is 67.2. The lowest BCUT2D eigenvalue weighted by Gasteiger charge is -2.21. The fourth-order valence-electron chi connectivity index (χ4n) is 11.8. The highest BCUT2D eigenvalue weighted by atomic mass is 31.2. The van der Waals surface area contributed by atoms with Crippen molar-refractivity contribution in [2.24, 2.45) is 23.7 Å². The van der Waals surface area contributed by atoms with E-state index in [4.69, 9.17) is 37.0 Å². The van der Waals surface area contributed by atoms with Gasteiger partial charge in [0.2, 0.25) is 0 Å². The van der Waals surface area contributed by atoms with E-state index in [1.807, 2.05) is 0 Å². The minimum atomic E-state index is -4.96. The average molecular weight is 1420 g/mol. The summed E-state index contributed by atoms with van der Waals surface area (Å²) >= 11 is 0. The van der Waals surface area contributed by atoms with Crippen LogP contribution in [0.5, 0.6) is 0 Å². The van der Waals surface area contributed by atoms with E-state index in [1.54, 1.807) is 0 Å². The Kier molecular flexibility index (Phi) is 65.9. The number of rotatable bonds is 75. The monoisotopic (exact) mass is 1420 g/mol. The third kappa shape index (κ3) is 69.5. The Morgan fingerprint density at radius 2 is 0.495 bits per heavy atom. The van der Waals surface area contributed by atoms with Crippen LogP contribution in [0, 0.1) is 23.7 Å². The molecule has 0 amide bonds. The normalized spacial score (nSPS) is 14.6. The molecule has 0 saturated heterocycles. The van der Waals surface area contributed by atoms with Crippen molar-refractivity contribution < 1.29 is 80.2 Å². The quantitative estimate of drug-likeness (QED) is 0.0222. The van der Waals surface area contributed by atoms with Gasteiger partial charge in [0.15, 0.2) is 12.2 Å². The molecule has 0 heterocycles. The molecule has 0 rings (SSSR count). The van der Waals surface area contributed by atoms with Crippen molar-refractivity contribution in [2.75, 3.05) is 39.6 Å². The number of aliphatic hydroxyl groups excluding tert-OH is 1. The topological polar surface area (TPSA) is 237 Å². The standard InChI is InChI=1S/C78H152O17P2/c1-9-70(7)56-48-40-32-26-20-16-12-14-18-22-28-35-45-53-60-77(82)94-73(64-88-75(80)58-50-42-33-29-23-25-31-39-47-55-69(5)6)66-92-96(84,85)90-62-72(79)63-91-97(86,87)93-67-74(65-89-76(81)59-51-43-37-36-41-49-57-71(8)10-2)95-78(83)61-52-44-34-27-21-17-13-11-15-19-24-30-38-46-54-68(3)4/h68-74,79H,9-67H2,1-8H3,(H,84,85)(H,86,87)/t70?,71?,72-,73-,74-/m1/s1. The summed E-state index contributed by atoms with van der Waals surface area (Å²) in [5, 5.41) is 10.6. The van der Waals surface area contributed by atoms with Gasteiger partial charge in [0.05, 0.1) is 26.4 Å². The van der Waals surface area contributed by atoms with E-state index >= 15 is 0 Å². The van der Waals surface area contributed by atoms with Crippen molar-refractivity contribution in [3.8, 4) is 0 Å². The van der Waals surface area contributed by atoms with Crippen molar-refractivity contribution in [3.05, 3.63) is 0 Å². The number of hydrogen-bond acceptors (Lipinski definition) is 15. The molecule has 0 aromatic rings. The highest BCUT2D eigenvalue weighted by Crippen LogP contribution is 2.45. The summed E-state index contributed by atoms with van der Waals surface area (Å²) in [5.74, 6) is 0.997. The number of phosphoric ester groups is 2. The molecule has 0 radical (unpaired) electrons. The van der Waals surface area contributed by atoms with Crippen LogP contribution in [0.4, 0.5) is 0 Å². The lowest BCUT2D eigenvalue weighted by Crippen LogP contribution is -2.30. The van der Waals surface area contributed by atoms with Crippen LogP contribution in [0.1, 0.15) is 396 Å². The molecule has 0 bridgehead atoms. The molecule has 4 unspecified atom stereocenters. The molecule has 0 aliphatic rings. The van der Waals surface area contributed by atoms with Crippen LogP contribution in [0.15, 0.2) is 0 Å². The molecule has 7 atom stereocenters. The number of phosphoric acid groups is 2. The molecule has 0 fully saturated rings. The van der Waals surface area contributed by atoms with E-state index in [0.717, 1.165) is 120 Å². The zero-order valence-electron chi connectivity index (χ0n) is 63.7. The van der Waals surface area contributed by atoms with Crippen LogP contribution in [0.25, 0.3) is 0 Å². The molecule has 17 nitrogen and oxygen atoms in total. The number of ether oxygens (including phenoxy) is 4. The first kappa shape index (κ1) is 95.1. The van der Waals surface area contributed by atoms with Crippen LogP contribution in [0.3, 0.4) is 0 Å². The third-order valence-electron chi connectivity index (χ3n) is 18.8. The van der Waals surface area contributed by atoms with Gasteiger partial charge in [-0.05, 0) is 49.4 Å². The van der Waals surface area contributed by atoms with Crippen molar-refractivity contribution >= 4 is 39.5 Å². The molecule has 0 aromatic heterocycles. The lowest BCUT2D eigenvalue weighted by atomic mass is 9.99. The number of carbonyl (C=O) groups is 4. The first-order valence-corrected chi connectivity index (χ1v) is 43.3. The summed E-state index contributed by atoms with van der Waals surface area (Å²) in [5.41, 5.74) is 0. The summed E-state index contributed by atoms with van der Waals surface area (Å²) in [4.78, 5) is 72.9. The van der Waals surface area contributed by atoms with Crippen LogP contribution < -0.4 is 0 Å². The minimum absolute atomic E-state index is 0.106. The summed E-state index contributed by atoms with van der Waals surface area (Å²) in [6.45, 7) is 14.2. The van der Waals surface area contributed by atoms with Gasteiger partial charge in [0, 0.05) is 25.7 Å². The van der Waals surface area contributed by atoms with Gasteiger partial charge >= 0.3 is 39.5 Å². The van der Waals surface area contributed by atoms with Crippen molar-refractivity contribution in [1.29, 1.82) is 0 Å². The van der Waals surface area contributed by atoms with Gasteiger partial charge < -0.3 is 33.8 Å². The first-order valence-electron chi connectivity index (χ1n) is 40.3. The van der Waals surface area contributed by atoms with Crippen molar-refractivity contribution in [2.45, 2.75) is 414 Å². The predicted molar refractivity (Wildman–Crippen MR) is 395 cm³/mol. The molecule has 0 spiro atoms. The highest BCUT2D eigenvalue weighted by molar-refractivity contribution is 7.47. The van der Waals surface area contributed by atoms with E-state index in [9.17, 15) is 43.2 Å². The van der Waals surface area contributed by atoms with Gasteiger partial charge in [-0.1, -0.05) is 344 Å². The van der Waals surface area contributed by atoms with Crippen LogP contribution in [-0.2, 0) is 65.4 Å². The van der Waals surface area contributed by atoms with E-state index in [2.05, 4.69) is 55.4 Å². The number of hydrogen-bond donors (Lipinski definition) is 3. The Balaban J connectivity index is 5.24. The van der Waals surface area contributed by atoms with Gasteiger partial charge in [-0.15, -0.1) is 0 Å². The zero-order chi connectivity index (χ0) is 71.7. The molecule has 576 valence electrons. The largest absolute Gasteiger partial charge is 0.472 e. The Morgan fingerprint density at radius 1 is 0.289 bits per heavy atom. The second-order valence-electron chi connectivity index (χ2n) is 29.5. The summed E-state index contributed by atoms with van der Waals surface area (Å²) < 4.78 is 68.6. The van der Waals surface area contributed by atoms with Gasteiger partial charge in [-0.25, -0.2) is 9.13 Å². The first-order chi connectivity index (χ1) is 46.7. The van der Waals surface area contributed by atoms with Gasteiger partial charge in [0.1, 0.15) is 19.3 Å². The molecule has 0 aliphatic heterocycles. The number of esters is 4. The zero-order valence-corrected chi connectivity index (χ0v) is 65.5. The average Bonchev–Trinajstić information content (AvgIpc) is 2.15. The van der Waals surface area contributed by atoms with Crippen LogP contribution in [-0.4, -0.2) is 96.7 Å². The van der Waals surface area contributed by atoms with Crippen molar-refractivity contribution in [1.82, 2.24) is 0 Å². The number of aliphatic hydroxyl groups is 1. The van der Waals surface area contributed by atoms with E-state index in [-0.39, 0.29) is 25.7 Å². The molecule has 0 aromatic carbocycles. The second-order valence-corrected chi connectivity index (χ2v) is 32.4. The van der Waals surface area contributed by atoms with Crippen LogP contribution in [0.2, 0.25) is 0 Å². The summed E-state index contributed by atoms with van der Waals surface area (Å²) in [6.07, 6.45) is 52.7. The summed E-state index contributed by atoms with van der Waals surface area (Å²) in [6, 6.07) is 0. The Hall–Kier alpha value is -1.94. The third-order valence-corrected chi connectivity index (χ3v) is 20.7. The number of carbonyl (C=O) groups excluding carboxylic acids is 4. The molecule has 3 N–H and O–H groups in total. The predicted octanol–water partition coefficient (Wildman–Crippen LogP) is 22.8. The molecule has 0 aliphatic carbocycles. The molecule has 97 heavy (non-hydrogen) atoms. The fourth-order valence-corrected chi connectivity index (χ4v) is 13.4. The minimum Gasteiger partial charge on any atom is -0.462 e. The van der Waals surface area contributed by atoms with Gasteiger partial charge in [0.25, 0.3) is 0 Å². The SMILES string of the molecule is CCC(C)CCCCCCCCCCCCCCCCC(=O)O[C@H](COC(=O)CCCCCCCCCCCC(C)C)COP(=O)(O)OC[C@@H](O)COP(=O)(O)OC[C@@H](COC(=O)CCCCCCCCC(C)CC)OC(=O)CCCCCCCCCCCCCCCCC(C)C. The Morgan fingerprint density at radius 3 is 0.732 bits per heavy atom. The maximum absolute atomic E-state index is 13.1. The van der Waals surface area contributed by atoms with Gasteiger partial charge in [-0.3, -0.25) is 37.3 Å². The van der Waals surface area contributed by atoms with Crippen molar-refractivity contribution in [3.63, 3.8) is 0 Å².